The molecule has 0 N–H and O–H groups in total. The second-order valence-electron chi connectivity index (χ2n) is 9.53. The molecule has 0 bridgehead atoms. The van der Waals surface area contributed by atoms with Crippen LogP contribution in [0.5, 0.6) is 0 Å². The zero-order valence-corrected chi connectivity index (χ0v) is 26.8. The van der Waals surface area contributed by atoms with Crippen molar-refractivity contribution >= 4 is 23.6 Å². The number of hydrogen-bond donors (Lipinski definition) is 0. The molecule has 4 aromatic rings. The second kappa shape index (κ2) is 15.1. The summed E-state index contributed by atoms with van der Waals surface area (Å²) in [7, 11) is -2.52. The van der Waals surface area contributed by atoms with Crippen molar-refractivity contribution in [3.05, 3.63) is 148 Å². The Labute approximate surface area is 262 Å². The van der Waals surface area contributed by atoms with Crippen molar-refractivity contribution in [2.75, 3.05) is 0 Å². The Morgan fingerprint density at radius 2 is 1.05 bits per heavy atom. The Hall–Kier alpha value is -1.84. The summed E-state index contributed by atoms with van der Waals surface area (Å²) in [5, 5.41) is 5.95. The van der Waals surface area contributed by atoms with Gasteiger partial charge in [0.2, 0.25) is 0 Å². The summed E-state index contributed by atoms with van der Waals surface area (Å²) in [4.78, 5) is 0. The minimum atomic E-state index is -2.52. The largest absolute Gasteiger partial charge is 4.00 e. The maximum absolute atomic E-state index is 3.70. The van der Waals surface area contributed by atoms with Gasteiger partial charge in [-0.3, -0.25) is 6.08 Å². The van der Waals surface area contributed by atoms with E-state index in [1.54, 1.807) is 5.20 Å². The third-order valence-corrected chi connectivity index (χ3v) is 11.9. The molecular formula is C33H31Cl3SiTi. The number of rotatable bonds is 6. The van der Waals surface area contributed by atoms with E-state index in [1.165, 1.54) is 43.4 Å². The quantitative estimate of drug-likeness (QED) is 0.124. The van der Waals surface area contributed by atoms with Gasteiger partial charge in [0.05, 0.1) is 8.07 Å². The summed E-state index contributed by atoms with van der Waals surface area (Å²) in [5.74, 6) is 0. The molecule has 0 amide bonds. The predicted molar refractivity (Wildman–Crippen MR) is 148 cm³/mol. The molecule has 0 heterocycles. The first kappa shape index (κ1) is 34.2. The molecule has 4 aromatic carbocycles. The Bertz CT molecular complexity index is 1290. The summed E-state index contributed by atoms with van der Waals surface area (Å²) < 4.78 is 0. The first-order valence-corrected chi connectivity index (χ1v) is 14.1. The predicted octanol–water partition coefficient (Wildman–Crippen LogP) is -3.07. The van der Waals surface area contributed by atoms with Crippen LogP contribution < -0.4 is 52.8 Å². The fraction of sp³-hybridized carbons (Fsp3) is 0.152. The van der Waals surface area contributed by atoms with Crippen molar-refractivity contribution in [3.63, 3.8) is 0 Å². The van der Waals surface area contributed by atoms with Crippen LogP contribution in [0.25, 0.3) is 0 Å². The third kappa shape index (κ3) is 6.83. The summed E-state index contributed by atoms with van der Waals surface area (Å²) in [6.45, 7) is 6.65. The molecule has 0 nitrogen and oxygen atoms in total. The number of benzene rings is 4. The molecule has 0 aliphatic heterocycles. The average molecular weight is 610 g/mol. The van der Waals surface area contributed by atoms with Gasteiger partial charge >= 0.3 is 21.7 Å². The number of aryl methyl sites for hydroxylation is 3. The normalized spacial score (nSPS) is 12.1. The van der Waals surface area contributed by atoms with Gasteiger partial charge in [0.15, 0.2) is 0 Å². The molecule has 1 aliphatic carbocycles. The maximum atomic E-state index is 3.70. The van der Waals surface area contributed by atoms with Gasteiger partial charge in [0.25, 0.3) is 0 Å². The fourth-order valence-corrected chi connectivity index (χ4v) is 10.9. The van der Waals surface area contributed by atoms with E-state index in [0.717, 1.165) is 12.8 Å². The summed E-state index contributed by atoms with van der Waals surface area (Å²) in [6, 6.07) is 38.6. The van der Waals surface area contributed by atoms with Crippen LogP contribution in [-0.2, 0) is 28.1 Å². The van der Waals surface area contributed by atoms with Gasteiger partial charge in [-0.1, -0.05) is 142 Å². The Balaban J connectivity index is 0.00000180. The van der Waals surface area contributed by atoms with Crippen molar-refractivity contribution in [2.24, 2.45) is 0 Å². The Kier molecular flexibility index (Phi) is 13.6. The zero-order valence-electron chi connectivity index (χ0n) is 21.9. The monoisotopic (exact) mass is 608 g/mol. The molecule has 192 valence electrons. The molecule has 1 aliphatic rings. The van der Waals surface area contributed by atoms with Crippen LogP contribution in [0, 0.1) is 26.8 Å². The van der Waals surface area contributed by atoms with Crippen LogP contribution in [-0.4, -0.2) is 8.07 Å². The molecule has 5 rings (SSSR count). The van der Waals surface area contributed by atoms with Crippen LogP contribution >= 0.6 is 0 Å². The topological polar surface area (TPSA) is 0 Å². The van der Waals surface area contributed by atoms with E-state index < -0.39 is 8.07 Å². The minimum Gasteiger partial charge on any atom is -1.00 e. The molecule has 0 spiro atoms. The number of hydrogen-bond acceptors (Lipinski definition) is 0. The molecule has 38 heavy (non-hydrogen) atoms. The molecule has 5 heteroatoms. The smallest absolute Gasteiger partial charge is 1.00 e. The van der Waals surface area contributed by atoms with Gasteiger partial charge in [0, 0.05) is 0 Å². The Morgan fingerprint density at radius 1 is 0.605 bits per heavy atom. The van der Waals surface area contributed by atoms with Crippen molar-refractivity contribution < 1.29 is 58.9 Å². The second-order valence-corrected chi connectivity index (χ2v) is 13.4. The standard InChI is InChI=1S/C33H31Si.3ClH.Ti/c1-25-11-7-17-30(21-25)34(31-18-8-12-26(2)22-31,32-19-9-13-27(3)23-32)33-20-10-16-29(33)24-28-14-5-4-6-15-28;;;;/h4-15,17-19,21-23H,20,24H2,1-3H3;3*1H;/q-1;;;;+4/p-3. The summed E-state index contributed by atoms with van der Waals surface area (Å²) in [5.41, 5.74) is 6.65. The molecular weight excluding hydrogens is 579 g/mol. The molecule has 0 unspecified atom stereocenters. The van der Waals surface area contributed by atoms with Crippen molar-refractivity contribution in [3.8, 4) is 0 Å². The van der Waals surface area contributed by atoms with Gasteiger partial charge < -0.3 is 37.2 Å². The van der Waals surface area contributed by atoms with Crippen LogP contribution in [0.1, 0.15) is 28.7 Å². The van der Waals surface area contributed by atoms with Crippen LogP contribution in [0.4, 0.5) is 0 Å². The molecule has 0 saturated carbocycles. The van der Waals surface area contributed by atoms with E-state index in [1.807, 2.05) is 0 Å². The average Bonchev–Trinajstić information content (AvgIpc) is 3.29. The first-order chi connectivity index (χ1) is 16.6. The summed E-state index contributed by atoms with van der Waals surface area (Å²) >= 11 is 0. The van der Waals surface area contributed by atoms with E-state index >= 15 is 0 Å². The zero-order chi connectivity index (χ0) is 23.5. The minimum absolute atomic E-state index is 0. The molecule has 0 radical (unpaired) electrons. The van der Waals surface area contributed by atoms with Crippen LogP contribution in [0.2, 0.25) is 0 Å². The number of halogens is 3. The maximum Gasteiger partial charge on any atom is 4.00 e. The van der Waals surface area contributed by atoms with E-state index in [4.69, 9.17) is 0 Å². The molecule has 0 saturated heterocycles. The van der Waals surface area contributed by atoms with Gasteiger partial charge in [0.1, 0.15) is 0 Å². The SMILES string of the molecule is Cc1cccc([Si](C2=C(Cc3ccccc3)[C-]=CC2)(c2cccc(C)c2)c2cccc(C)c2)c1.[Cl-].[Cl-].[Cl-].[Ti+4]. The van der Waals surface area contributed by atoms with Crippen LogP contribution in [0.15, 0.2) is 120 Å². The van der Waals surface area contributed by atoms with Crippen molar-refractivity contribution in [1.82, 2.24) is 0 Å². The molecule has 0 fully saturated rings. The molecule has 0 atom stereocenters. The van der Waals surface area contributed by atoms with E-state index in [2.05, 4.69) is 136 Å². The van der Waals surface area contributed by atoms with Gasteiger partial charge in [-0.2, -0.15) is 6.08 Å². The summed E-state index contributed by atoms with van der Waals surface area (Å²) in [6.07, 6.45) is 7.85. The van der Waals surface area contributed by atoms with Gasteiger partial charge in [-0.15, -0.1) is 0 Å². The number of allylic oxidation sites excluding steroid dienone is 4. The fourth-order valence-electron chi connectivity index (χ4n) is 5.48. The van der Waals surface area contributed by atoms with Gasteiger partial charge in [-0.25, -0.2) is 10.8 Å². The van der Waals surface area contributed by atoms with E-state index in [9.17, 15) is 0 Å². The van der Waals surface area contributed by atoms with E-state index in [-0.39, 0.29) is 58.9 Å². The van der Waals surface area contributed by atoms with Crippen LogP contribution in [0.3, 0.4) is 0 Å². The first-order valence-electron chi connectivity index (χ1n) is 12.1. The third-order valence-electron chi connectivity index (χ3n) is 6.98. The van der Waals surface area contributed by atoms with Crippen molar-refractivity contribution in [2.45, 2.75) is 33.6 Å². The molecule has 0 aromatic heterocycles. The van der Waals surface area contributed by atoms with E-state index in [0.29, 0.717) is 0 Å². The Morgan fingerprint density at radius 3 is 1.47 bits per heavy atom. The van der Waals surface area contributed by atoms with Gasteiger partial charge in [-0.05, 0) is 32.8 Å². The van der Waals surface area contributed by atoms with Crippen molar-refractivity contribution in [1.29, 1.82) is 0 Å².